The molecule has 2 N–H and O–H groups in total. The second-order valence-corrected chi connectivity index (χ2v) is 14.7. The Morgan fingerprint density at radius 3 is 2.41 bits per heavy atom. The number of primary sulfonamides is 1. The van der Waals surface area contributed by atoms with Crippen molar-refractivity contribution in [2.24, 2.45) is 11.1 Å². The van der Waals surface area contributed by atoms with Crippen LogP contribution in [0.1, 0.15) is 72.5 Å². The molecule has 10 nitrogen and oxygen atoms in total. The van der Waals surface area contributed by atoms with Crippen molar-refractivity contribution in [1.82, 2.24) is 5.16 Å². The van der Waals surface area contributed by atoms with Crippen LogP contribution in [-0.4, -0.2) is 49.0 Å². The summed E-state index contributed by atoms with van der Waals surface area (Å²) in [4.78, 5) is 28.0. The van der Waals surface area contributed by atoms with Gasteiger partial charge in [-0.05, 0) is 81.3 Å². The van der Waals surface area contributed by atoms with E-state index in [0.717, 1.165) is 24.2 Å². The first-order valence-electron chi connectivity index (χ1n) is 14.8. The highest BCUT2D eigenvalue weighted by atomic mass is 35.5. The number of anilines is 1. The Bertz CT molecular complexity index is 1700. The summed E-state index contributed by atoms with van der Waals surface area (Å²) in [6.45, 7) is 0.234. The Morgan fingerprint density at radius 1 is 1.02 bits per heavy atom. The van der Waals surface area contributed by atoms with Crippen LogP contribution in [0.4, 0.5) is 5.69 Å². The van der Waals surface area contributed by atoms with Gasteiger partial charge in [0.25, 0.3) is 0 Å². The van der Waals surface area contributed by atoms with E-state index in [2.05, 4.69) is 5.16 Å². The minimum atomic E-state index is -3.80. The van der Waals surface area contributed by atoms with E-state index in [1.807, 2.05) is 0 Å². The maximum atomic E-state index is 13.5. The quantitative estimate of drug-likeness (QED) is 0.292. The van der Waals surface area contributed by atoms with Gasteiger partial charge in [-0.3, -0.25) is 4.79 Å². The number of ether oxygens (including phenoxy) is 2. The molecule has 3 aliphatic carbocycles. The van der Waals surface area contributed by atoms with Gasteiger partial charge >= 0.3 is 5.97 Å². The summed E-state index contributed by atoms with van der Waals surface area (Å²) < 4.78 is 41.3. The van der Waals surface area contributed by atoms with Gasteiger partial charge in [-0.25, -0.2) is 18.4 Å². The molecule has 4 aliphatic rings. The van der Waals surface area contributed by atoms with Crippen LogP contribution in [0.3, 0.4) is 0 Å². The van der Waals surface area contributed by atoms with Crippen molar-refractivity contribution in [2.45, 2.75) is 81.0 Å². The summed E-state index contributed by atoms with van der Waals surface area (Å²) >= 11 is 13.0. The van der Waals surface area contributed by atoms with Crippen molar-refractivity contribution < 1.29 is 32.0 Å². The van der Waals surface area contributed by atoms with Crippen LogP contribution in [0.25, 0.3) is 11.3 Å². The van der Waals surface area contributed by atoms with Gasteiger partial charge in [0.2, 0.25) is 15.9 Å². The molecule has 1 saturated heterocycles. The molecule has 3 saturated carbocycles. The molecule has 2 bridgehead atoms. The first kappa shape index (κ1) is 29.7. The third kappa shape index (κ3) is 5.43. The SMILES string of the molecule is NS(=O)(=O)C1CCCC1OC(=O)c1ccc(N2C(=O)[C@@H]3C[C@H]2C[C@H]3OCc2c(-c3c(Cl)cccc3Cl)noc2C2CC2)cc1. The van der Waals surface area contributed by atoms with Gasteiger partial charge in [-0.15, -0.1) is 0 Å². The molecular formula is C31H31Cl2N3O7S. The molecule has 2 heterocycles. The summed E-state index contributed by atoms with van der Waals surface area (Å²) in [5.74, 6) is 0.154. The Labute approximate surface area is 264 Å². The second kappa shape index (κ2) is 11.4. The highest BCUT2D eigenvalue weighted by Crippen LogP contribution is 2.47. The van der Waals surface area contributed by atoms with E-state index in [4.69, 9.17) is 42.3 Å². The zero-order valence-corrected chi connectivity index (χ0v) is 26.0. The monoisotopic (exact) mass is 659 g/mol. The van der Waals surface area contributed by atoms with Crippen molar-refractivity contribution >= 4 is 50.8 Å². The molecule has 0 spiro atoms. The number of carbonyl (C=O) groups is 2. The first-order valence-corrected chi connectivity index (χ1v) is 17.2. The Hall–Kier alpha value is -2.96. The summed E-state index contributed by atoms with van der Waals surface area (Å²) in [6.07, 6.45) is 3.81. The summed E-state index contributed by atoms with van der Waals surface area (Å²) in [5.41, 5.74) is 2.98. The highest BCUT2D eigenvalue weighted by Gasteiger charge is 2.52. The fourth-order valence-electron chi connectivity index (χ4n) is 6.93. The predicted octanol–water partition coefficient (Wildman–Crippen LogP) is 5.60. The minimum Gasteiger partial charge on any atom is -0.457 e. The number of carbonyl (C=O) groups excluding carboxylic acids is 2. The molecule has 0 radical (unpaired) electrons. The fourth-order valence-corrected chi connectivity index (χ4v) is 8.62. The van der Waals surface area contributed by atoms with Gasteiger partial charge in [0.15, 0.2) is 0 Å². The third-order valence-corrected chi connectivity index (χ3v) is 11.3. The number of sulfonamides is 1. The largest absolute Gasteiger partial charge is 0.457 e. The van der Waals surface area contributed by atoms with Crippen molar-refractivity contribution in [3.8, 4) is 11.3 Å². The summed E-state index contributed by atoms with van der Waals surface area (Å²) in [6, 6.07) is 11.9. The van der Waals surface area contributed by atoms with Gasteiger partial charge < -0.3 is 18.9 Å². The van der Waals surface area contributed by atoms with Gasteiger partial charge in [-0.1, -0.05) is 34.4 Å². The number of esters is 1. The summed E-state index contributed by atoms with van der Waals surface area (Å²) in [7, 11) is -3.80. The van der Waals surface area contributed by atoms with Gasteiger partial charge in [0.1, 0.15) is 22.8 Å². The lowest BCUT2D eigenvalue weighted by Gasteiger charge is -2.31. The fraction of sp³-hybridized carbons (Fsp3) is 0.452. The van der Waals surface area contributed by atoms with E-state index in [1.165, 1.54) is 0 Å². The van der Waals surface area contributed by atoms with E-state index in [1.54, 1.807) is 47.4 Å². The molecular weight excluding hydrogens is 629 g/mol. The van der Waals surface area contributed by atoms with Crippen molar-refractivity contribution in [1.29, 1.82) is 0 Å². The second-order valence-electron chi connectivity index (χ2n) is 12.1. The smallest absolute Gasteiger partial charge is 0.338 e. The molecule has 2 aromatic carbocycles. The Kier molecular flexibility index (Phi) is 7.73. The molecule has 232 valence electrons. The average molecular weight is 661 g/mol. The minimum absolute atomic E-state index is 0.0226. The highest BCUT2D eigenvalue weighted by molar-refractivity contribution is 7.89. The number of rotatable bonds is 9. The van der Waals surface area contributed by atoms with E-state index in [0.29, 0.717) is 65.0 Å². The number of amides is 1. The molecule has 44 heavy (non-hydrogen) atoms. The maximum absolute atomic E-state index is 13.5. The third-order valence-electron chi connectivity index (χ3n) is 9.26. The van der Waals surface area contributed by atoms with Crippen LogP contribution in [0, 0.1) is 5.92 Å². The number of nitrogens with zero attached hydrogens (tertiary/aromatic N) is 2. The number of benzene rings is 2. The van der Waals surface area contributed by atoms with E-state index >= 15 is 0 Å². The number of fused-ring (bicyclic) bond motifs is 2. The van der Waals surface area contributed by atoms with Gasteiger partial charge in [0.05, 0.1) is 34.2 Å². The van der Waals surface area contributed by atoms with Crippen molar-refractivity contribution in [2.75, 3.05) is 4.90 Å². The molecule has 4 fully saturated rings. The lowest BCUT2D eigenvalue weighted by molar-refractivity contribution is -0.126. The molecule has 1 aliphatic heterocycles. The number of hydrogen-bond donors (Lipinski definition) is 1. The molecule has 1 aromatic heterocycles. The molecule has 5 atom stereocenters. The first-order chi connectivity index (χ1) is 21.1. The number of nitrogens with two attached hydrogens (primary N) is 1. The van der Waals surface area contributed by atoms with Crippen LogP contribution in [-0.2, 0) is 30.9 Å². The number of piperidine rings is 1. The molecule has 7 rings (SSSR count). The van der Waals surface area contributed by atoms with Crippen LogP contribution in [0.2, 0.25) is 10.0 Å². The topological polar surface area (TPSA) is 142 Å². The predicted molar refractivity (Wildman–Crippen MR) is 163 cm³/mol. The maximum Gasteiger partial charge on any atom is 0.338 e. The molecule has 1 amide bonds. The summed E-state index contributed by atoms with van der Waals surface area (Å²) in [5, 5.41) is 9.71. The van der Waals surface area contributed by atoms with Crippen LogP contribution in [0.5, 0.6) is 0 Å². The zero-order chi connectivity index (χ0) is 30.7. The van der Waals surface area contributed by atoms with Crippen molar-refractivity contribution in [3.05, 3.63) is 69.4 Å². The standard InChI is InChI=1S/C31H31Cl2N3O7S/c32-22-3-1-4-23(33)27(22)28-21(29(43-35-28)16-7-8-16)15-41-25-14-19-13-20(25)30(37)36(19)18-11-9-17(10-12-18)31(38)42-24-5-2-6-26(24)44(34,39)40/h1,3-4,9-12,16,19-20,24-26H,2,5-8,13-15H2,(H2,34,39,40)/t19-,20+,24?,25+,26?/m0/s1. The van der Waals surface area contributed by atoms with E-state index in [-0.39, 0.29) is 36.1 Å². The lowest BCUT2D eigenvalue weighted by Crippen LogP contribution is -2.43. The Balaban J connectivity index is 1.01. The Morgan fingerprint density at radius 2 is 1.75 bits per heavy atom. The normalized spacial score (nSPS) is 26.5. The van der Waals surface area contributed by atoms with Gasteiger partial charge in [0, 0.05) is 28.8 Å². The number of aromatic nitrogens is 1. The van der Waals surface area contributed by atoms with E-state index < -0.39 is 27.3 Å². The number of halogens is 2. The van der Waals surface area contributed by atoms with Crippen LogP contribution >= 0.6 is 23.2 Å². The molecule has 13 heteroatoms. The van der Waals surface area contributed by atoms with Crippen LogP contribution in [0.15, 0.2) is 47.0 Å². The number of hydrogen-bond acceptors (Lipinski definition) is 8. The van der Waals surface area contributed by atoms with Crippen LogP contribution < -0.4 is 10.0 Å². The average Bonchev–Trinajstić information content (AvgIpc) is 3.28. The zero-order valence-electron chi connectivity index (χ0n) is 23.7. The molecule has 2 unspecified atom stereocenters. The van der Waals surface area contributed by atoms with Gasteiger partial charge in [-0.2, -0.15) is 0 Å². The van der Waals surface area contributed by atoms with E-state index in [9.17, 15) is 18.0 Å². The molecule has 3 aromatic rings. The van der Waals surface area contributed by atoms with Crippen molar-refractivity contribution in [3.63, 3.8) is 0 Å². The lowest BCUT2D eigenvalue weighted by atomic mass is 10.0.